The van der Waals surface area contributed by atoms with Gasteiger partial charge in [-0.25, -0.2) is 4.79 Å². The summed E-state index contributed by atoms with van der Waals surface area (Å²) in [5.74, 6) is -0.162. The van der Waals surface area contributed by atoms with E-state index >= 15 is 0 Å². The zero-order valence-corrected chi connectivity index (χ0v) is 23.3. The zero-order chi connectivity index (χ0) is 28.6. The lowest BCUT2D eigenvalue weighted by molar-refractivity contribution is -0.141. The van der Waals surface area contributed by atoms with E-state index in [4.69, 9.17) is 10.1 Å². The van der Waals surface area contributed by atoms with Crippen molar-refractivity contribution in [2.45, 2.75) is 39.2 Å². The molecule has 0 aromatic heterocycles. The van der Waals surface area contributed by atoms with E-state index in [1.807, 2.05) is 13.8 Å². The van der Waals surface area contributed by atoms with Crippen LogP contribution in [-0.2, 0) is 14.3 Å². The first-order valence-electron chi connectivity index (χ1n) is 12.6. The number of nitrogens with one attached hydrogen (secondary N) is 2. The SMILES string of the molecule is COC(=O)C(CC(=N)c1ccc(/C=N/N=C2\SCC(=O)N2C2=C(C)CCC=C2C)cc1)Nc1ccc(OF)cc1. The van der Waals surface area contributed by atoms with Crippen molar-refractivity contribution in [1.29, 1.82) is 5.41 Å². The van der Waals surface area contributed by atoms with Gasteiger partial charge in [0.05, 0.1) is 24.8 Å². The molecule has 0 spiro atoms. The van der Waals surface area contributed by atoms with Gasteiger partial charge in [0, 0.05) is 22.3 Å². The minimum atomic E-state index is -0.817. The normalized spacial score (nSPS) is 17.3. The molecule has 208 valence electrons. The van der Waals surface area contributed by atoms with Gasteiger partial charge in [-0.1, -0.05) is 42.1 Å². The van der Waals surface area contributed by atoms with Gasteiger partial charge in [0.1, 0.15) is 6.04 Å². The minimum absolute atomic E-state index is 0.00338. The van der Waals surface area contributed by atoms with Crippen LogP contribution in [0.3, 0.4) is 0 Å². The lowest BCUT2D eigenvalue weighted by atomic mass is 9.97. The molecule has 9 nitrogen and oxygen atoms in total. The Bertz CT molecular complexity index is 1400. The van der Waals surface area contributed by atoms with Gasteiger partial charge in [0.2, 0.25) is 5.91 Å². The van der Waals surface area contributed by atoms with E-state index < -0.39 is 12.0 Å². The maximum atomic E-state index is 12.6. The van der Waals surface area contributed by atoms with Crippen LogP contribution in [0.25, 0.3) is 0 Å². The molecule has 0 bridgehead atoms. The van der Waals surface area contributed by atoms with Crippen LogP contribution >= 0.6 is 11.8 Å². The Morgan fingerprint density at radius 3 is 2.58 bits per heavy atom. The summed E-state index contributed by atoms with van der Waals surface area (Å²) in [5.41, 5.74) is 5.34. The highest BCUT2D eigenvalue weighted by molar-refractivity contribution is 8.15. The number of nitrogens with zero attached hydrogens (tertiary/aromatic N) is 3. The van der Waals surface area contributed by atoms with Crippen molar-refractivity contribution < 1.29 is 23.8 Å². The molecule has 1 amide bonds. The molecule has 1 heterocycles. The Balaban J connectivity index is 1.42. The molecule has 40 heavy (non-hydrogen) atoms. The molecule has 4 rings (SSSR count). The summed E-state index contributed by atoms with van der Waals surface area (Å²) in [7, 11) is 1.28. The molecular weight excluding hydrogens is 533 g/mol. The molecule has 0 saturated carbocycles. The fraction of sp³-hybridized carbons (Fsp3) is 0.276. The van der Waals surface area contributed by atoms with Crippen molar-refractivity contribution in [2.24, 2.45) is 10.2 Å². The fourth-order valence-corrected chi connectivity index (χ4v) is 5.27. The highest BCUT2D eigenvalue weighted by Crippen LogP contribution is 2.33. The number of ether oxygens (including phenoxy) is 1. The minimum Gasteiger partial charge on any atom is -0.467 e. The summed E-state index contributed by atoms with van der Waals surface area (Å²) in [6.07, 6.45) is 5.69. The predicted octanol–water partition coefficient (Wildman–Crippen LogP) is 5.64. The standard InChI is InChI=1S/C29H30FN5O4S/c1-18-5-4-6-19(2)27(18)35-26(36)17-40-29(35)34-32-16-20-7-9-21(10-8-20)24(31)15-25(28(37)38-3)33-22-11-13-23(39-30)14-12-22/h5,7-14,16,25,31,33H,4,6,15,17H2,1-3H3/b31-24?,32-16+,34-29-. The van der Waals surface area contributed by atoms with Crippen LogP contribution in [0.5, 0.6) is 5.75 Å². The molecular formula is C29H30FN5O4S. The highest BCUT2D eigenvalue weighted by atomic mass is 32.2. The number of methoxy groups -OCH3 is 1. The monoisotopic (exact) mass is 563 g/mol. The molecule has 2 N–H and O–H groups in total. The van der Waals surface area contributed by atoms with Crippen LogP contribution in [-0.4, -0.2) is 52.8 Å². The van der Waals surface area contributed by atoms with E-state index in [1.54, 1.807) is 47.5 Å². The Kier molecular flexibility index (Phi) is 9.49. The molecule has 11 heteroatoms. The first-order chi connectivity index (χ1) is 19.3. The molecule has 1 unspecified atom stereocenters. The highest BCUT2D eigenvalue weighted by Gasteiger charge is 2.33. The Labute approximate surface area is 236 Å². The Morgan fingerprint density at radius 2 is 1.93 bits per heavy atom. The number of carbonyl (C=O) groups excluding carboxylic acids is 2. The van der Waals surface area contributed by atoms with Crippen molar-refractivity contribution in [3.05, 3.63) is 82.6 Å². The number of hydrogen-bond donors (Lipinski definition) is 2. The largest absolute Gasteiger partial charge is 0.467 e. The number of anilines is 1. The van der Waals surface area contributed by atoms with E-state index in [2.05, 4.69) is 26.5 Å². The summed E-state index contributed by atoms with van der Waals surface area (Å²) in [6, 6.07) is 12.3. The molecule has 0 radical (unpaired) electrons. The second-order valence-corrected chi connectivity index (χ2v) is 10.3. The van der Waals surface area contributed by atoms with Crippen LogP contribution in [0, 0.1) is 5.41 Å². The molecule has 1 aliphatic heterocycles. The smallest absolute Gasteiger partial charge is 0.328 e. The van der Waals surface area contributed by atoms with Gasteiger partial charge in [-0.3, -0.25) is 14.6 Å². The number of carbonyl (C=O) groups is 2. The average Bonchev–Trinajstić information content (AvgIpc) is 3.32. The molecule has 1 saturated heterocycles. The van der Waals surface area contributed by atoms with Gasteiger partial charge in [0.15, 0.2) is 10.9 Å². The van der Waals surface area contributed by atoms with E-state index in [-0.39, 0.29) is 23.8 Å². The number of esters is 1. The van der Waals surface area contributed by atoms with Crippen molar-refractivity contribution in [1.82, 2.24) is 4.90 Å². The topological polar surface area (TPSA) is 116 Å². The molecule has 2 aromatic carbocycles. The number of allylic oxidation sites excluding steroid dienone is 3. The van der Waals surface area contributed by atoms with Gasteiger partial charge in [-0.2, -0.15) is 5.10 Å². The van der Waals surface area contributed by atoms with Crippen molar-refractivity contribution in [2.75, 3.05) is 18.2 Å². The van der Waals surface area contributed by atoms with Crippen molar-refractivity contribution in [3.63, 3.8) is 0 Å². The first-order valence-corrected chi connectivity index (χ1v) is 13.6. The van der Waals surface area contributed by atoms with Crippen molar-refractivity contribution >= 4 is 46.4 Å². The fourth-order valence-electron chi connectivity index (χ4n) is 4.46. The molecule has 2 aromatic rings. The average molecular weight is 564 g/mol. The predicted molar refractivity (Wildman–Crippen MR) is 156 cm³/mol. The second kappa shape index (κ2) is 13.2. The summed E-state index contributed by atoms with van der Waals surface area (Å²) < 4.78 is 17.2. The Hall–Kier alpha value is -4.25. The summed E-state index contributed by atoms with van der Waals surface area (Å²) >= 11 is 1.37. The lowest BCUT2D eigenvalue weighted by Gasteiger charge is -2.25. The third-order valence-electron chi connectivity index (χ3n) is 6.52. The van der Waals surface area contributed by atoms with E-state index in [0.717, 1.165) is 29.7 Å². The van der Waals surface area contributed by atoms with Crippen LogP contribution in [0.1, 0.15) is 44.2 Å². The number of rotatable bonds is 10. The van der Waals surface area contributed by atoms with Crippen LogP contribution in [0.15, 0.2) is 81.7 Å². The number of amidine groups is 1. The molecule has 1 aliphatic carbocycles. The van der Waals surface area contributed by atoms with Gasteiger partial charge >= 0.3 is 5.97 Å². The Morgan fingerprint density at radius 1 is 1.20 bits per heavy atom. The molecule has 1 atom stereocenters. The summed E-state index contributed by atoms with van der Waals surface area (Å²) in [6.45, 7) is 4.06. The third-order valence-corrected chi connectivity index (χ3v) is 7.44. The number of benzene rings is 2. The number of amides is 1. The first kappa shape index (κ1) is 28.8. The second-order valence-electron chi connectivity index (χ2n) is 9.33. The molecule has 2 aliphatic rings. The van der Waals surface area contributed by atoms with Gasteiger partial charge in [0.25, 0.3) is 0 Å². The van der Waals surface area contributed by atoms with E-state index in [9.17, 15) is 14.1 Å². The maximum Gasteiger partial charge on any atom is 0.328 e. The quantitative estimate of drug-likeness (QED) is 0.220. The van der Waals surface area contributed by atoms with Gasteiger partial charge < -0.3 is 15.5 Å². The zero-order valence-electron chi connectivity index (χ0n) is 22.4. The third kappa shape index (κ3) is 6.84. The van der Waals surface area contributed by atoms with E-state index in [1.165, 1.54) is 36.6 Å². The van der Waals surface area contributed by atoms with Crippen LogP contribution < -0.4 is 10.3 Å². The number of hydrogen-bond acceptors (Lipinski definition) is 9. The summed E-state index contributed by atoms with van der Waals surface area (Å²) in [4.78, 5) is 30.3. The van der Waals surface area contributed by atoms with Crippen LogP contribution in [0.2, 0.25) is 0 Å². The van der Waals surface area contributed by atoms with E-state index in [0.29, 0.717) is 22.2 Å². The maximum absolute atomic E-state index is 12.6. The van der Waals surface area contributed by atoms with Crippen molar-refractivity contribution in [3.8, 4) is 5.75 Å². The van der Waals surface area contributed by atoms with Crippen LogP contribution in [0.4, 0.5) is 10.2 Å². The van der Waals surface area contributed by atoms with Gasteiger partial charge in [-0.05, 0) is 73.2 Å². The lowest BCUT2D eigenvalue weighted by Crippen LogP contribution is -2.33. The number of halogens is 1. The number of thioether (sulfide) groups is 1. The van der Waals surface area contributed by atoms with Gasteiger partial charge in [-0.15, -0.1) is 5.10 Å². The molecule has 1 fully saturated rings. The summed E-state index contributed by atoms with van der Waals surface area (Å²) in [5, 5.41) is 20.7.